The number of hydrogen-bond acceptors (Lipinski definition) is 7. The van der Waals surface area contributed by atoms with Crippen molar-refractivity contribution in [1.82, 2.24) is 0 Å². The number of halogens is 2. The van der Waals surface area contributed by atoms with E-state index in [1.165, 1.54) is 31.4 Å². The molecular formula is C20H16BrClN2O6. The number of ether oxygens (including phenoxy) is 3. The number of non-ortho nitro benzene ring substituents is 1. The first-order valence-electron chi connectivity index (χ1n) is 8.81. The minimum Gasteiger partial charge on any atom is -0.493 e. The largest absolute Gasteiger partial charge is 0.493 e. The maximum atomic E-state index is 12.3. The minimum atomic E-state index is -0.700. The van der Waals surface area contributed by atoms with Crippen molar-refractivity contribution in [3.8, 4) is 11.5 Å². The van der Waals surface area contributed by atoms with Gasteiger partial charge in [0.1, 0.15) is 0 Å². The van der Waals surface area contributed by atoms with Gasteiger partial charge >= 0.3 is 5.97 Å². The van der Waals surface area contributed by atoms with Crippen LogP contribution < -0.4 is 9.47 Å². The summed E-state index contributed by atoms with van der Waals surface area (Å²) in [4.78, 5) is 26.9. The number of cyclic esters (lactones) is 1. The Balaban J connectivity index is 1.98. The Morgan fingerprint density at radius 2 is 2.10 bits per heavy atom. The number of nitrogens with zero attached hydrogens (tertiary/aromatic N) is 2. The van der Waals surface area contributed by atoms with E-state index in [0.29, 0.717) is 28.1 Å². The minimum absolute atomic E-state index is 0.0174. The normalized spacial score (nSPS) is 14.5. The lowest BCUT2D eigenvalue weighted by molar-refractivity contribution is -0.384. The summed E-state index contributed by atoms with van der Waals surface area (Å²) in [5.74, 6) is 0.243. The van der Waals surface area contributed by atoms with Crippen LogP contribution in [-0.4, -0.2) is 30.5 Å². The average Bonchev–Trinajstić information content (AvgIpc) is 3.07. The van der Waals surface area contributed by atoms with Crippen LogP contribution in [0.25, 0.3) is 6.08 Å². The lowest BCUT2D eigenvalue weighted by Gasteiger charge is -2.13. The van der Waals surface area contributed by atoms with Crippen LogP contribution >= 0.6 is 27.5 Å². The molecule has 2 aromatic carbocycles. The summed E-state index contributed by atoms with van der Waals surface area (Å²) in [5, 5.41) is 11.2. The summed E-state index contributed by atoms with van der Waals surface area (Å²) in [6, 6.07) is 7.26. The van der Waals surface area contributed by atoms with Gasteiger partial charge in [0.25, 0.3) is 5.69 Å². The first-order chi connectivity index (χ1) is 14.3. The number of nitro groups is 1. The fourth-order valence-corrected chi connectivity index (χ4v) is 3.41. The highest BCUT2D eigenvalue weighted by atomic mass is 79.9. The molecule has 0 aromatic heterocycles. The van der Waals surface area contributed by atoms with Crippen molar-refractivity contribution in [2.45, 2.75) is 13.3 Å². The SMILES string of the molecule is CCCOc1c(Br)cc(/C=C2\N=C(c3cc([N+](=O)[O-])ccc3Cl)OC2=O)cc1OC. The van der Waals surface area contributed by atoms with E-state index in [9.17, 15) is 14.9 Å². The molecule has 10 heteroatoms. The predicted molar refractivity (Wildman–Crippen MR) is 115 cm³/mol. The van der Waals surface area contributed by atoms with Crippen molar-refractivity contribution in [2.75, 3.05) is 13.7 Å². The summed E-state index contributed by atoms with van der Waals surface area (Å²) in [6.07, 6.45) is 2.35. The highest BCUT2D eigenvalue weighted by molar-refractivity contribution is 9.10. The number of benzene rings is 2. The summed E-state index contributed by atoms with van der Waals surface area (Å²) in [5.41, 5.74) is 0.597. The third kappa shape index (κ3) is 4.63. The summed E-state index contributed by atoms with van der Waals surface area (Å²) >= 11 is 9.55. The molecule has 2 aromatic rings. The van der Waals surface area contributed by atoms with Gasteiger partial charge < -0.3 is 14.2 Å². The smallest absolute Gasteiger partial charge is 0.363 e. The third-order valence-electron chi connectivity index (χ3n) is 4.02. The van der Waals surface area contributed by atoms with E-state index in [0.717, 1.165) is 6.42 Å². The van der Waals surface area contributed by atoms with Gasteiger partial charge in [-0.1, -0.05) is 18.5 Å². The molecule has 0 atom stereocenters. The molecule has 1 aliphatic heterocycles. The van der Waals surface area contributed by atoms with Crippen LogP contribution in [0.5, 0.6) is 11.5 Å². The van der Waals surface area contributed by atoms with Crippen LogP contribution in [0.3, 0.4) is 0 Å². The van der Waals surface area contributed by atoms with Gasteiger partial charge in [-0.05, 0) is 52.2 Å². The molecule has 0 amide bonds. The van der Waals surface area contributed by atoms with Gasteiger partial charge in [-0.2, -0.15) is 0 Å². The second kappa shape index (κ2) is 9.27. The molecule has 1 aliphatic rings. The first kappa shape index (κ1) is 21.8. The van der Waals surface area contributed by atoms with E-state index >= 15 is 0 Å². The summed E-state index contributed by atoms with van der Waals surface area (Å²) < 4.78 is 16.9. The van der Waals surface area contributed by atoms with Crippen molar-refractivity contribution in [3.05, 3.63) is 66.8 Å². The van der Waals surface area contributed by atoms with Crippen molar-refractivity contribution >= 4 is 51.2 Å². The standard InChI is InChI=1S/C20H16BrClN2O6/c1-3-6-29-18-14(21)7-11(9-17(18)28-2)8-16-20(25)30-19(23-16)13-10-12(24(26)27)4-5-15(13)22/h4-5,7-10H,3,6H2,1-2H3/b16-8-. The van der Waals surface area contributed by atoms with E-state index < -0.39 is 10.9 Å². The number of rotatable bonds is 7. The maximum Gasteiger partial charge on any atom is 0.363 e. The van der Waals surface area contributed by atoms with E-state index in [4.69, 9.17) is 25.8 Å². The average molecular weight is 496 g/mol. The molecule has 0 spiro atoms. The third-order valence-corrected chi connectivity index (χ3v) is 4.94. The van der Waals surface area contributed by atoms with Gasteiger partial charge in [0.2, 0.25) is 5.90 Å². The lowest BCUT2D eigenvalue weighted by Crippen LogP contribution is -2.06. The first-order valence-corrected chi connectivity index (χ1v) is 9.98. The molecule has 0 aliphatic carbocycles. The monoisotopic (exact) mass is 494 g/mol. The number of esters is 1. The van der Waals surface area contributed by atoms with E-state index in [-0.39, 0.29) is 27.9 Å². The quantitative estimate of drug-likeness (QED) is 0.228. The van der Waals surface area contributed by atoms with Crippen molar-refractivity contribution < 1.29 is 23.9 Å². The summed E-state index contributed by atoms with van der Waals surface area (Å²) in [6.45, 7) is 2.52. The maximum absolute atomic E-state index is 12.3. The fraction of sp³-hybridized carbons (Fsp3) is 0.200. The molecule has 0 unspecified atom stereocenters. The molecule has 8 nitrogen and oxygen atoms in total. The number of hydrogen-bond donors (Lipinski definition) is 0. The highest BCUT2D eigenvalue weighted by Crippen LogP contribution is 2.37. The second-order valence-electron chi connectivity index (χ2n) is 6.14. The van der Waals surface area contributed by atoms with Gasteiger partial charge in [0, 0.05) is 12.1 Å². The molecule has 0 saturated carbocycles. The Hall–Kier alpha value is -2.91. The topological polar surface area (TPSA) is 100 Å². The zero-order valence-corrected chi connectivity index (χ0v) is 18.3. The van der Waals surface area contributed by atoms with Crippen molar-refractivity contribution in [1.29, 1.82) is 0 Å². The van der Waals surface area contributed by atoms with Gasteiger partial charge in [-0.25, -0.2) is 9.79 Å². The molecule has 0 fully saturated rings. The van der Waals surface area contributed by atoms with E-state index in [1.54, 1.807) is 12.1 Å². The van der Waals surface area contributed by atoms with Gasteiger partial charge in [0.05, 0.1) is 33.7 Å². The number of methoxy groups -OCH3 is 1. The van der Waals surface area contributed by atoms with Crippen LogP contribution in [0.4, 0.5) is 5.69 Å². The molecule has 156 valence electrons. The molecule has 1 heterocycles. The lowest BCUT2D eigenvalue weighted by atomic mass is 10.1. The van der Waals surface area contributed by atoms with Crippen LogP contribution in [0.2, 0.25) is 5.02 Å². The van der Waals surface area contributed by atoms with Crippen LogP contribution in [0.1, 0.15) is 24.5 Å². The van der Waals surface area contributed by atoms with Crippen LogP contribution in [0, 0.1) is 10.1 Å². The molecule has 0 saturated heterocycles. The number of carbonyl (C=O) groups excluding carboxylic acids is 1. The Morgan fingerprint density at radius 1 is 1.33 bits per heavy atom. The highest BCUT2D eigenvalue weighted by Gasteiger charge is 2.27. The van der Waals surface area contributed by atoms with E-state index in [2.05, 4.69) is 20.9 Å². The summed E-state index contributed by atoms with van der Waals surface area (Å²) in [7, 11) is 1.52. The van der Waals surface area contributed by atoms with Crippen LogP contribution in [0.15, 0.2) is 45.5 Å². The van der Waals surface area contributed by atoms with Crippen molar-refractivity contribution in [2.24, 2.45) is 4.99 Å². The number of nitro benzene ring substituents is 1. The molecule has 0 radical (unpaired) electrons. The Bertz CT molecular complexity index is 1080. The molecule has 0 bridgehead atoms. The predicted octanol–water partition coefficient (Wildman–Crippen LogP) is 5.15. The zero-order valence-electron chi connectivity index (χ0n) is 16.0. The Kier molecular flexibility index (Phi) is 6.73. The van der Waals surface area contributed by atoms with Gasteiger partial charge in [-0.15, -0.1) is 0 Å². The number of carbonyl (C=O) groups is 1. The molecule has 30 heavy (non-hydrogen) atoms. The number of aliphatic imine (C=N–C) groups is 1. The zero-order chi connectivity index (χ0) is 21.8. The molecule has 0 N–H and O–H groups in total. The van der Waals surface area contributed by atoms with Gasteiger partial charge in [0.15, 0.2) is 17.2 Å². The molecular weight excluding hydrogens is 480 g/mol. The fourth-order valence-electron chi connectivity index (χ4n) is 2.64. The second-order valence-corrected chi connectivity index (χ2v) is 7.40. The van der Waals surface area contributed by atoms with Gasteiger partial charge in [-0.3, -0.25) is 10.1 Å². The van der Waals surface area contributed by atoms with E-state index in [1.807, 2.05) is 6.92 Å². The Morgan fingerprint density at radius 3 is 2.77 bits per heavy atom. The van der Waals surface area contributed by atoms with Crippen LogP contribution in [-0.2, 0) is 9.53 Å². The van der Waals surface area contributed by atoms with Crippen molar-refractivity contribution in [3.63, 3.8) is 0 Å². The Labute approximate surface area is 185 Å². The molecule has 3 rings (SSSR count).